The van der Waals surface area contributed by atoms with Crippen LogP contribution in [0.3, 0.4) is 0 Å². The average molecular weight is 410 g/mol. The van der Waals surface area contributed by atoms with Crippen molar-refractivity contribution >= 4 is 40.4 Å². The van der Waals surface area contributed by atoms with Gasteiger partial charge in [0.1, 0.15) is 0 Å². The Labute approximate surface area is 170 Å². The number of esters is 1. The number of benzene rings is 2. The Balaban J connectivity index is 1.48. The van der Waals surface area contributed by atoms with Gasteiger partial charge in [-0.15, -0.1) is 11.8 Å². The van der Waals surface area contributed by atoms with Crippen molar-refractivity contribution in [3.8, 4) is 0 Å². The molecule has 2 N–H and O–H groups in total. The summed E-state index contributed by atoms with van der Waals surface area (Å²) in [5.74, 6) is -1.46. The third-order valence-electron chi connectivity index (χ3n) is 3.92. The van der Waals surface area contributed by atoms with Crippen molar-refractivity contribution in [3.05, 3.63) is 76.6 Å². The largest absolute Gasteiger partial charge is 0.452 e. The molecule has 148 valence electrons. The summed E-state index contributed by atoms with van der Waals surface area (Å²) in [6.45, 7) is -0.614. The fourth-order valence-corrected chi connectivity index (χ4v) is 3.49. The fraction of sp³-hybridized carbons (Fsp3) is 0.143. The van der Waals surface area contributed by atoms with Gasteiger partial charge in [-0.2, -0.15) is 0 Å². The van der Waals surface area contributed by atoms with Crippen molar-refractivity contribution in [2.24, 2.45) is 0 Å². The number of nitrogens with one attached hydrogen (secondary N) is 2. The van der Waals surface area contributed by atoms with Gasteiger partial charge in [0.25, 0.3) is 5.91 Å². The molecule has 0 unspecified atom stereocenters. The van der Waals surface area contributed by atoms with Crippen LogP contribution >= 0.6 is 11.8 Å². The van der Waals surface area contributed by atoms with E-state index in [0.29, 0.717) is 16.7 Å². The monoisotopic (exact) mass is 410 g/mol. The molecule has 0 spiro atoms. The molecule has 0 saturated heterocycles. The van der Waals surface area contributed by atoms with E-state index in [9.17, 15) is 19.2 Å². The number of H-pyrrole nitrogens is 1. The number of thioether (sulfide) groups is 1. The lowest BCUT2D eigenvalue weighted by Gasteiger charge is -2.08. The highest BCUT2D eigenvalue weighted by Gasteiger charge is 2.16. The molecule has 2 amide bonds. The number of rotatable bonds is 7. The van der Waals surface area contributed by atoms with E-state index in [4.69, 9.17) is 4.74 Å². The Morgan fingerprint density at radius 3 is 2.48 bits per heavy atom. The van der Waals surface area contributed by atoms with E-state index in [1.54, 1.807) is 24.3 Å². The van der Waals surface area contributed by atoms with Crippen LogP contribution in [0, 0.1) is 0 Å². The SMILES string of the molecule is O=C(CCSc1ccccc1)NC(=O)COC(=O)c1cc(=O)[nH]c2ccccc12. The molecule has 7 nitrogen and oxygen atoms in total. The minimum Gasteiger partial charge on any atom is -0.452 e. The van der Waals surface area contributed by atoms with E-state index < -0.39 is 29.9 Å². The Morgan fingerprint density at radius 1 is 0.966 bits per heavy atom. The van der Waals surface area contributed by atoms with Crippen LogP contribution in [0.25, 0.3) is 10.9 Å². The summed E-state index contributed by atoms with van der Waals surface area (Å²) in [5, 5.41) is 2.69. The van der Waals surface area contributed by atoms with Gasteiger partial charge in [0.2, 0.25) is 11.5 Å². The topological polar surface area (TPSA) is 105 Å². The summed E-state index contributed by atoms with van der Waals surface area (Å²) >= 11 is 1.50. The molecule has 3 rings (SSSR count). The van der Waals surface area contributed by atoms with Crippen molar-refractivity contribution < 1.29 is 19.1 Å². The van der Waals surface area contributed by atoms with Crippen LogP contribution in [0.1, 0.15) is 16.8 Å². The molecule has 29 heavy (non-hydrogen) atoms. The normalized spacial score (nSPS) is 10.5. The van der Waals surface area contributed by atoms with E-state index in [1.807, 2.05) is 30.3 Å². The minimum atomic E-state index is -0.811. The Bertz CT molecular complexity index is 1090. The highest BCUT2D eigenvalue weighted by molar-refractivity contribution is 7.99. The Hall–Kier alpha value is -3.39. The van der Waals surface area contributed by atoms with Gasteiger partial charge in [-0.3, -0.25) is 19.7 Å². The maximum absolute atomic E-state index is 12.3. The van der Waals surface area contributed by atoms with Crippen molar-refractivity contribution in [2.45, 2.75) is 11.3 Å². The maximum Gasteiger partial charge on any atom is 0.339 e. The lowest BCUT2D eigenvalue weighted by Crippen LogP contribution is -2.34. The minimum absolute atomic E-state index is 0.0581. The van der Waals surface area contributed by atoms with Crippen LogP contribution in [0.2, 0.25) is 0 Å². The second-order valence-electron chi connectivity index (χ2n) is 6.05. The van der Waals surface area contributed by atoms with Gasteiger partial charge >= 0.3 is 5.97 Å². The van der Waals surface area contributed by atoms with Crippen LogP contribution < -0.4 is 10.9 Å². The molecule has 0 aliphatic rings. The number of ether oxygens (including phenoxy) is 1. The van der Waals surface area contributed by atoms with Crippen LogP contribution in [0.4, 0.5) is 0 Å². The molecule has 0 aliphatic heterocycles. The number of hydrogen-bond donors (Lipinski definition) is 2. The number of imide groups is 1. The maximum atomic E-state index is 12.3. The number of pyridine rings is 1. The lowest BCUT2D eigenvalue weighted by molar-refractivity contribution is -0.132. The zero-order valence-electron chi connectivity index (χ0n) is 15.3. The number of carbonyl (C=O) groups is 3. The lowest BCUT2D eigenvalue weighted by atomic mass is 10.1. The van der Waals surface area contributed by atoms with E-state index in [2.05, 4.69) is 10.3 Å². The number of hydrogen-bond acceptors (Lipinski definition) is 6. The number of fused-ring (bicyclic) bond motifs is 1. The summed E-state index contributed by atoms with van der Waals surface area (Å²) in [5.41, 5.74) is 0.0939. The average Bonchev–Trinajstić information content (AvgIpc) is 2.72. The van der Waals surface area contributed by atoms with Crippen LogP contribution in [0.5, 0.6) is 0 Å². The molecule has 0 atom stereocenters. The molecule has 3 aromatic rings. The molecular weight excluding hydrogens is 392 g/mol. The second-order valence-corrected chi connectivity index (χ2v) is 7.22. The number of carbonyl (C=O) groups excluding carboxylic acids is 3. The predicted molar refractivity (Wildman–Crippen MR) is 110 cm³/mol. The Morgan fingerprint density at radius 2 is 1.69 bits per heavy atom. The third kappa shape index (κ3) is 5.79. The van der Waals surface area contributed by atoms with Gasteiger partial charge in [0.15, 0.2) is 6.61 Å². The summed E-state index contributed by atoms with van der Waals surface area (Å²) in [6, 6.07) is 17.5. The molecule has 8 heteroatoms. The molecule has 1 heterocycles. The van der Waals surface area contributed by atoms with Crippen LogP contribution in [-0.4, -0.2) is 35.1 Å². The van der Waals surface area contributed by atoms with E-state index >= 15 is 0 Å². The summed E-state index contributed by atoms with van der Waals surface area (Å²) < 4.78 is 4.97. The smallest absolute Gasteiger partial charge is 0.339 e. The van der Waals surface area contributed by atoms with Gasteiger partial charge < -0.3 is 9.72 Å². The van der Waals surface area contributed by atoms with Crippen molar-refractivity contribution in [3.63, 3.8) is 0 Å². The highest BCUT2D eigenvalue weighted by Crippen LogP contribution is 2.17. The van der Waals surface area contributed by atoms with E-state index in [0.717, 1.165) is 11.0 Å². The zero-order valence-corrected chi connectivity index (χ0v) is 16.2. The van der Waals surface area contributed by atoms with Crippen LogP contribution in [0.15, 0.2) is 70.4 Å². The molecule has 0 bridgehead atoms. The molecule has 0 fully saturated rings. The summed E-state index contributed by atoms with van der Waals surface area (Å²) in [7, 11) is 0. The van der Waals surface area contributed by atoms with Gasteiger partial charge in [0.05, 0.1) is 5.56 Å². The van der Waals surface area contributed by atoms with Gasteiger partial charge in [-0.05, 0) is 18.2 Å². The molecule has 2 aromatic carbocycles. The first kappa shape index (κ1) is 20.3. The van der Waals surface area contributed by atoms with Crippen molar-refractivity contribution in [1.82, 2.24) is 10.3 Å². The number of para-hydroxylation sites is 1. The Kier molecular flexibility index (Phi) is 6.80. The standard InChI is InChI=1S/C21H18N2O5S/c24-18(10-11-29-14-6-2-1-3-7-14)23-20(26)13-28-21(27)16-12-19(25)22-17-9-5-4-8-15(16)17/h1-9,12H,10-11,13H2,(H,22,25)(H,23,24,26). The first-order valence-corrected chi connectivity index (χ1v) is 9.81. The summed E-state index contributed by atoms with van der Waals surface area (Å²) in [4.78, 5) is 51.4. The quantitative estimate of drug-likeness (QED) is 0.458. The second kappa shape index (κ2) is 9.70. The summed E-state index contributed by atoms with van der Waals surface area (Å²) in [6.07, 6.45) is 0.151. The van der Waals surface area contributed by atoms with Gasteiger partial charge in [-0.1, -0.05) is 36.4 Å². The molecule has 0 radical (unpaired) electrons. The van der Waals surface area contributed by atoms with Crippen LogP contribution in [-0.2, 0) is 14.3 Å². The third-order valence-corrected chi connectivity index (χ3v) is 4.94. The molecule has 0 saturated carbocycles. The molecular formula is C21H18N2O5S. The zero-order chi connectivity index (χ0) is 20.6. The first-order valence-electron chi connectivity index (χ1n) is 8.82. The predicted octanol–water partition coefficient (Wildman–Crippen LogP) is 2.51. The highest BCUT2D eigenvalue weighted by atomic mass is 32.2. The van der Waals surface area contributed by atoms with E-state index in [1.165, 1.54) is 11.8 Å². The van der Waals surface area contributed by atoms with Crippen molar-refractivity contribution in [2.75, 3.05) is 12.4 Å². The molecule has 0 aliphatic carbocycles. The fourth-order valence-electron chi connectivity index (χ4n) is 2.61. The van der Waals surface area contributed by atoms with Gasteiger partial charge in [0, 0.05) is 34.0 Å². The number of amides is 2. The number of aromatic amines is 1. The molecule has 1 aromatic heterocycles. The number of aromatic nitrogens is 1. The van der Waals surface area contributed by atoms with E-state index in [-0.39, 0.29) is 12.0 Å². The van der Waals surface area contributed by atoms with Gasteiger partial charge in [-0.25, -0.2) is 4.79 Å². The first-order chi connectivity index (χ1) is 14.0. The van der Waals surface area contributed by atoms with Crippen molar-refractivity contribution in [1.29, 1.82) is 0 Å².